The maximum absolute atomic E-state index is 11.5. The average Bonchev–Trinajstić information content (AvgIpc) is 3.15. The van der Waals surface area contributed by atoms with Crippen molar-refractivity contribution >= 4 is 40.0 Å². The van der Waals surface area contributed by atoms with E-state index in [0.717, 1.165) is 37.3 Å². The third-order valence-electron chi connectivity index (χ3n) is 5.26. The number of piperidine rings is 1. The van der Waals surface area contributed by atoms with E-state index in [1.807, 2.05) is 12.1 Å². The van der Waals surface area contributed by atoms with Gasteiger partial charge in [-0.3, -0.25) is 0 Å². The number of fused-ring (bicyclic) bond motifs is 1. The Hall–Kier alpha value is -1.94. The zero-order valence-corrected chi connectivity index (χ0v) is 18.7. The van der Waals surface area contributed by atoms with E-state index in [-0.39, 0.29) is 26.6 Å². The number of benzene rings is 1. The van der Waals surface area contributed by atoms with E-state index in [1.54, 1.807) is 19.2 Å². The van der Waals surface area contributed by atoms with Gasteiger partial charge in [0, 0.05) is 6.20 Å². The predicted octanol–water partition coefficient (Wildman–Crippen LogP) is 0.731. The third kappa shape index (κ3) is 3.92. The first-order chi connectivity index (χ1) is 14.0. The summed E-state index contributed by atoms with van der Waals surface area (Å²) in [6, 6.07) is 7.40. The fourth-order valence-electron chi connectivity index (χ4n) is 3.70. The first-order valence-corrected chi connectivity index (χ1v) is 12.0. The Labute approximate surface area is 185 Å². The van der Waals surface area contributed by atoms with Crippen molar-refractivity contribution in [3.8, 4) is 17.0 Å². The van der Waals surface area contributed by atoms with Crippen molar-refractivity contribution in [2.45, 2.75) is 16.8 Å². The Morgan fingerprint density at radius 3 is 2.76 bits per heavy atom. The molecule has 0 atom stereocenters. The monoisotopic (exact) mass is 522 g/mol. The van der Waals surface area contributed by atoms with E-state index in [4.69, 9.17) is 27.0 Å². The van der Waals surface area contributed by atoms with Crippen molar-refractivity contribution in [1.29, 1.82) is 0 Å². The molecule has 2 radical (unpaired) electrons. The molecule has 1 aliphatic heterocycles. The fraction of sp³-hybridized carbons (Fsp3) is 0.300. The standard InChI is InChI=1S/C20H19BClIN3O3/c1-29-19-12(2-3-18(25-19)26-6-4-11(23-21)5-7-26)13-8-14-15(20(27)28)10-24-17(14)9-16(13)22/h2-3,8-11,24H,4-7H2,1H3,(H,27,28)/q-1. The van der Waals surface area contributed by atoms with Crippen molar-refractivity contribution in [2.75, 3.05) is 25.1 Å². The van der Waals surface area contributed by atoms with Crippen LogP contribution in [0.15, 0.2) is 30.5 Å². The summed E-state index contributed by atoms with van der Waals surface area (Å²) in [5.41, 5.74) is 8.18. The SMILES string of the molecule is [B][I-]C1CCN(c2ccc(-c3cc4c(C(=O)O)c[nH]c4cc3Cl)c(OC)n2)CC1. The van der Waals surface area contributed by atoms with Gasteiger partial charge in [0.15, 0.2) is 0 Å². The van der Waals surface area contributed by atoms with Gasteiger partial charge in [-0.15, -0.1) is 0 Å². The molecule has 3 aromatic rings. The molecule has 0 unspecified atom stereocenters. The summed E-state index contributed by atoms with van der Waals surface area (Å²) in [6.45, 7) is 1.88. The zero-order valence-electron chi connectivity index (χ0n) is 15.8. The van der Waals surface area contributed by atoms with Crippen LogP contribution >= 0.6 is 11.6 Å². The number of carboxylic acid groups (broad SMARTS) is 1. The second kappa shape index (κ2) is 8.43. The number of alkyl halides is 1. The molecule has 0 bridgehead atoms. The normalized spacial score (nSPS) is 15.2. The van der Waals surface area contributed by atoms with Crippen LogP contribution in [0.25, 0.3) is 22.0 Å². The van der Waals surface area contributed by atoms with Crippen LogP contribution in [0.4, 0.5) is 5.82 Å². The first-order valence-electron chi connectivity index (χ1n) is 9.18. The van der Waals surface area contributed by atoms with Gasteiger partial charge in [-0.05, 0) is 0 Å². The molecular formula is C20H19BClIN3O3-. The van der Waals surface area contributed by atoms with Crippen LogP contribution in [0.5, 0.6) is 5.88 Å². The summed E-state index contributed by atoms with van der Waals surface area (Å²) in [5, 5.41) is 10.5. The summed E-state index contributed by atoms with van der Waals surface area (Å²) in [4.78, 5) is 21.4. The minimum absolute atomic E-state index is 0.201. The number of nitrogens with one attached hydrogen (secondary N) is 1. The molecular weight excluding hydrogens is 503 g/mol. The number of nitrogens with zero attached hydrogens (tertiary/aromatic N) is 2. The first kappa shape index (κ1) is 20.3. The number of halogens is 2. The molecule has 2 aromatic heterocycles. The van der Waals surface area contributed by atoms with Crippen molar-refractivity contribution in [3.63, 3.8) is 0 Å². The quantitative estimate of drug-likeness (QED) is 0.294. The van der Waals surface area contributed by atoms with Gasteiger partial charge in [0.25, 0.3) is 0 Å². The van der Waals surface area contributed by atoms with Gasteiger partial charge in [-0.1, -0.05) is 0 Å². The Morgan fingerprint density at radius 1 is 1.34 bits per heavy atom. The number of ether oxygens (including phenoxy) is 1. The molecule has 29 heavy (non-hydrogen) atoms. The Morgan fingerprint density at radius 2 is 2.10 bits per heavy atom. The van der Waals surface area contributed by atoms with Gasteiger partial charge in [0.2, 0.25) is 0 Å². The number of hydrogen-bond donors (Lipinski definition) is 2. The molecule has 4 rings (SSSR count). The number of H-pyrrole nitrogens is 1. The molecule has 1 aromatic carbocycles. The molecule has 1 saturated heterocycles. The van der Waals surface area contributed by atoms with Crippen molar-refractivity contribution in [2.24, 2.45) is 0 Å². The fourth-order valence-corrected chi connectivity index (χ4v) is 5.24. The summed E-state index contributed by atoms with van der Waals surface area (Å²) in [6.07, 6.45) is 3.67. The Balaban J connectivity index is 1.72. The number of aromatic nitrogens is 2. The Kier molecular flexibility index (Phi) is 5.92. The third-order valence-corrected chi connectivity index (χ3v) is 7.83. The van der Waals surface area contributed by atoms with E-state index >= 15 is 0 Å². The Bertz CT molecular complexity index is 1070. The summed E-state index contributed by atoms with van der Waals surface area (Å²) in [5.74, 6) is 0.335. The molecule has 9 heteroatoms. The topological polar surface area (TPSA) is 78.5 Å². The van der Waals surface area contributed by atoms with Crippen molar-refractivity contribution in [3.05, 3.63) is 41.0 Å². The van der Waals surface area contributed by atoms with Gasteiger partial charge in [-0.2, -0.15) is 0 Å². The van der Waals surface area contributed by atoms with E-state index in [0.29, 0.717) is 31.3 Å². The molecule has 1 aliphatic rings. The summed E-state index contributed by atoms with van der Waals surface area (Å²) >= 11 is 6.30. The molecule has 1 fully saturated rings. The number of aromatic amines is 1. The zero-order chi connectivity index (χ0) is 20.5. The maximum atomic E-state index is 11.5. The molecule has 150 valence electrons. The number of rotatable bonds is 5. The van der Waals surface area contributed by atoms with E-state index in [9.17, 15) is 9.90 Å². The van der Waals surface area contributed by atoms with Gasteiger partial charge in [0.1, 0.15) is 0 Å². The number of carboxylic acids is 1. The van der Waals surface area contributed by atoms with Crippen LogP contribution in [-0.2, 0) is 0 Å². The second-order valence-corrected chi connectivity index (χ2v) is 9.79. The van der Waals surface area contributed by atoms with Gasteiger partial charge < -0.3 is 10.1 Å². The van der Waals surface area contributed by atoms with Crippen LogP contribution in [0, 0.1) is 0 Å². The van der Waals surface area contributed by atoms with E-state index < -0.39 is 5.97 Å². The number of carbonyl (C=O) groups is 1. The number of hydrogen-bond acceptors (Lipinski definition) is 4. The molecule has 6 nitrogen and oxygen atoms in total. The second-order valence-electron chi connectivity index (χ2n) is 6.90. The molecule has 0 saturated carbocycles. The van der Waals surface area contributed by atoms with Gasteiger partial charge >= 0.3 is 164 Å². The molecule has 2 N–H and O–H groups in total. The van der Waals surface area contributed by atoms with Crippen LogP contribution in [0.1, 0.15) is 23.2 Å². The minimum atomic E-state index is -0.992. The van der Waals surface area contributed by atoms with Gasteiger partial charge in [0.05, 0.1) is 0 Å². The van der Waals surface area contributed by atoms with E-state index in [2.05, 4.69) is 9.88 Å². The van der Waals surface area contributed by atoms with Crippen LogP contribution in [0.3, 0.4) is 0 Å². The van der Waals surface area contributed by atoms with Crippen LogP contribution in [-0.4, -0.2) is 50.9 Å². The van der Waals surface area contributed by atoms with Gasteiger partial charge in [-0.25, -0.2) is 4.79 Å². The summed E-state index contributed by atoms with van der Waals surface area (Å²) in [7, 11) is 1.58. The number of aromatic carboxylic acids is 1. The number of pyridine rings is 1. The van der Waals surface area contributed by atoms with Crippen molar-refractivity contribution in [1.82, 2.24) is 9.97 Å². The molecule has 0 aliphatic carbocycles. The summed E-state index contributed by atoms with van der Waals surface area (Å²) < 4.78 is 6.25. The molecule has 3 heterocycles. The molecule has 0 spiro atoms. The van der Waals surface area contributed by atoms with E-state index in [1.165, 1.54) is 6.20 Å². The molecule has 0 amide bonds. The average molecular weight is 523 g/mol. The number of anilines is 1. The van der Waals surface area contributed by atoms with Crippen LogP contribution in [0.2, 0.25) is 5.02 Å². The number of methoxy groups -OCH3 is 1. The van der Waals surface area contributed by atoms with Crippen LogP contribution < -0.4 is 30.6 Å². The van der Waals surface area contributed by atoms with Crippen molar-refractivity contribution < 1.29 is 35.6 Å². The predicted molar refractivity (Wildman–Crippen MR) is 111 cm³/mol.